The van der Waals surface area contributed by atoms with Crippen LogP contribution in [-0.2, 0) is 11.8 Å². The zero-order valence-corrected chi connectivity index (χ0v) is 10.7. The van der Waals surface area contributed by atoms with Gasteiger partial charge in [-0.05, 0) is 19.3 Å². The van der Waals surface area contributed by atoms with Gasteiger partial charge in [-0.3, -0.25) is 4.79 Å². The molecule has 17 heavy (non-hydrogen) atoms. The van der Waals surface area contributed by atoms with Crippen LogP contribution < -0.4 is 11.1 Å². The van der Waals surface area contributed by atoms with Gasteiger partial charge in [-0.15, -0.1) is 0 Å². The van der Waals surface area contributed by atoms with Gasteiger partial charge in [-0.2, -0.15) is 0 Å². The minimum absolute atomic E-state index is 0.199. The molecule has 1 atom stereocenters. The Bertz CT molecular complexity index is 389. The number of hydrogen-bond donors (Lipinski definition) is 2. The van der Waals surface area contributed by atoms with Gasteiger partial charge < -0.3 is 15.6 Å². The monoisotopic (exact) mass is 254 g/mol. The lowest BCUT2D eigenvalue weighted by Gasteiger charge is -2.14. The lowest BCUT2D eigenvalue weighted by Crippen LogP contribution is -2.42. The van der Waals surface area contributed by atoms with E-state index in [1.54, 1.807) is 18.0 Å². The maximum Gasteiger partial charge on any atom is 0.234 e. The number of carbonyl (C=O) groups is 1. The van der Waals surface area contributed by atoms with Gasteiger partial charge in [0.05, 0.1) is 6.04 Å². The van der Waals surface area contributed by atoms with Crippen molar-refractivity contribution in [3.05, 3.63) is 12.4 Å². The smallest absolute Gasteiger partial charge is 0.234 e. The summed E-state index contributed by atoms with van der Waals surface area (Å²) in [4.78, 5) is 15.5. The fraction of sp³-hybridized carbons (Fsp3) is 0.636. The fourth-order valence-corrected chi connectivity index (χ4v) is 2.54. The quantitative estimate of drug-likeness (QED) is 0.695. The molecule has 0 spiro atoms. The first-order valence-corrected chi connectivity index (χ1v) is 6.81. The van der Waals surface area contributed by atoms with Gasteiger partial charge in [0.2, 0.25) is 5.91 Å². The van der Waals surface area contributed by atoms with Crippen molar-refractivity contribution in [1.29, 1.82) is 0 Å². The van der Waals surface area contributed by atoms with E-state index in [1.807, 2.05) is 17.8 Å². The minimum atomic E-state index is -0.252. The number of thioether (sulfide) groups is 1. The highest BCUT2D eigenvalue weighted by Gasteiger charge is 2.26. The second kappa shape index (κ2) is 5.55. The van der Waals surface area contributed by atoms with Gasteiger partial charge in [-0.25, -0.2) is 4.98 Å². The predicted octanol–water partition coefficient (Wildman–Crippen LogP) is 0.508. The molecule has 1 aliphatic carbocycles. The molecule has 1 unspecified atom stereocenters. The Morgan fingerprint density at radius 2 is 2.53 bits per heavy atom. The summed E-state index contributed by atoms with van der Waals surface area (Å²) in [6.07, 6.45) is 6.77. The Kier molecular flexibility index (Phi) is 4.06. The Morgan fingerprint density at radius 1 is 1.76 bits per heavy atom. The fourth-order valence-electron chi connectivity index (χ4n) is 1.60. The zero-order valence-electron chi connectivity index (χ0n) is 9.93. The number of nitrogens with two attached hydrogens (primary N) is 1. The van der Waals surface area contributed by atoms with E-state index in [9.17, 15) is 4.79 Å². The molecule has 94 valence electrons. The maximum atomic E-state index is 11.3. The molecule has 0 saturated heterocycles. The Balaban J connectivity index is 1.75. The Labute approximate surface area is 105 Å². The summed E-state index contributed by atoms with van der Waals surface area (Å²) in [7, 11) is 1.96. The summed E-state index contributed by atoms with van der Waals surface area (Å²) in [5.41, 5.74) is 5.37. The molecule has 1 fully saturated rings. The van der Waals surface area contributed by atoms with Gasteiger partial charge in [0, 0.05) is 31.2 Å². The van der Waals surface area contributed by atoms with Crippen molar-refractivity contribution in [3.63, 3.8) is 0 Å². The number of aryl methyl sites for hydroxylation is 1. The van der Waals surface area contributed by atoms with Crippen LogP contribution in [0.3, 0.4) is 0 Å². The summed E-state index contributed by atoms with van der Waals surface area (Å²) in [6.45, 7) is 0. The molecule has 1 aromatic rings. The molecule has 0 radical (unpaired) electrons. The maximum absolute atomic E-state index is 11.3. The Morgan fingerprint density at radius 3 is 3.06 bits per heavy atom. The number of hydrogen-bond acceptors (Lipinski definition) is 4. The van der Waals surface area contributed by atoms with Crippen LogP contribution in [0.2, 0.25) is 0 Å². The van der Waals surface area contributed by atoms with E-state index in [1.165, 1.54) is 0 Å². The van der Waals surface area contributed by atoms with Crippen molar-refractivity contribution in [2.75, 3.05) is 5.75 Å². The van der Waals surface area contributed by atoms with E-state index in [2.05, 4.69) is 10.3 Å². The molecule has 5 nitrogen and oxygen atoms in total. The highest BCUT2D eigenvalue weighted by Crippen LogP contribution is 2.21. The molecule has 1 amide bonds. The summed E-state index contributed by atoms with van der Waals surface area (Å²) in [5, 5.41) is 4.24. The van der Waals surface area contributed by atoms with Crippen molar-refractivity contribution in [2.45, 2.75) is 36.5 Å². The Hall–Kier alpha value is -1.01. The number of amides is 1. The van der Waals surface area contributed by atoms with Crippen LogP contribution in [0.4, 0.5) is 0 Å². The number of imidazole rings is 1. The van der Waals surface area contributed by atoms with Gasteiger partial charge in [0.1, 0.15) is 0 Å². The largest absolute Gasteiger partial charge is 0.368 e. The van der Waals surface area contributed by atoms with Crippen LogP contribution in [0.15, 0.2) is 17.6 Å². The van der Waals surface area contributed by atoms with Crippen molar-refractivity contribution in [1.82, 2.24) is 14.9 Å². The zero-order chi connectivity index (χ0) is 12.3. The van der Waals surface area contributed by atoms with E-state index in [-0.39, 0.29) is 11.9 Å². The third kappa shape index (κ3) is 3.74. The molecule has 1 saturated carbocycles. The van der Waals surface area contributed by atoms with Crippen LogP contribution in [-0.4, -0.2) is 33.3 Å². The summed E-state index contributed by atoms with van der Waals surface area (Å²) < 4.78 is 1.97. The number of nitrogens with one attached hydrogen (secondary N) is 1. The van der Waals surface area contributed by atoms with E-state index in [0.29, 0.717) is 6.04 Å². The van der Waals surface area contributed by atoms with Crippen LogP contribution >= 0.6 is 11.8 Å². The summed E-state index contributed by atoms with van der Waals surface area (Å²) >= 11 is 1.65. The van der Waals surface area contributed by atoms with E-state index >= 15 is 0 Å². The van der Waals surface area contributed by atoms with Crippen molar-refractivity contribution < 1.29 is 4.79 Å². The highest BCUT2D eigenvalue weighted by atomic mass is 32.2. The molecule has 1 aromatic heterocycles. The first-order valence-electron chi connectivity index (χ1n) is 5.82. The average Bonchev–Trinajstić information content (AvgIpc) is 3.01. The first-order chi connectivity index (χ1) is 8.16. The third-order valence-electron chi connectivity index (χ3n) is 2.77. The number of nitrogens with zero attached hydrogens (tertiary/aromatic N) is 2. The number of aromatic nitrogens is 2. The number of rotatable bonds is 7. The predicted molar refractivity (Wildman–Crippen MR) is 67.7 cm³/mol. The van der Waals surface area contributed by atoms with Crippen LogP contribution in [0.25, 0.3) is 0 Å². The molecular weight excluding hydrogens is 236 g/mol. The third-order valence-corrected chi connectivity index (χ3v) is 3.86. The second-order valence-corrected chi connectivity index (χ2v) is 5.42. The van der Waals surface area contributed by atoms with Gasteiger partial charge in [0.15, 0.2) is 5.16 Å². The topological polar surface area (TPSA) is 72.9 Å². The lowest BCUT2D eigenvalue weighted by atomic mass is 10.2. The van der Waals surface area contributed by atoms with Gasteiger partial charge in [-0.1, -0.05) is 11.8 Å². The van der Waals surface area contributed by atoms with Crippen molar-refractivity contribution in [3.8, 4) is 0 Å². The minimum Gasteiger partial charge on any atom is -0.368 e. The SMILES string of the molecule is Cn1ccnc1SCCC(NC1CC1)C(N)=O. The van der Waals surface area contributed by atoms with Crippen LogP contribution in [0.5, 0.6) is 0 Å². The summed E-state index contributed by atoms with van der Waals surface area (Å²) in [5.74, 6) is 0.593. The van der Waals surface area contributed by atoms with Gasteiger partial charge in [0.25, 0.3) is 0 Å². The number of carbonyl (C=O) groups excluding carboxylic acids is 1. The van der Waals surface area contributed by atoms with Gasteiger partial charge >= 0.3 is 0 Å². The van der Waals surface area contributed by atoms with Crippen molar-refractivity contribution >= 4 is 17.7 Å². The number of primary amides is 1. The van der Waals surface area contributed by atoms with E-state index in [4.69, 9.17) is 5.73 Å². The van der Waals surface area contributed by atoms with Crippen molar-refractivity contribution in [2.24, 2.45) is 12.8 Å². The molecule has 1 heterocycles. The molecule has 1 aliphatic rings. The molecule has 0 aliphatic heterocycles. The summed E-state index contributed by atoms with van der Waals surface area (Å²) in [6, 6.07) is 0.306. The molecule has 0 bridgehead atoms. The molecule has 3 N–H and O–H groups in total. The standard InChI is InChI=1S/C11H18N4OS/c1-15-6-5-13-11(15)17-7-4-9(10(12)16)14-8-2-3-8/h5-6,8-9,14H,2-4,7H2,1H3,(H2,12,16). The first kappa shape index (κ1) is 12.4. The normalized spacial score (nSPS) is 17.0. The molecule has 2 rings (SSSR count). The van der Waals surface area contributed by atoms with Crippen LogP contribution in [0.1, 0.15) is 19.3 Å². The highest BCUT2D eigenvalue weighted by molar-refractivity contribution is 7.99. The van der Waals surface area contributed by atoms with Crippen LogP contribution in [0, 0.1) is 0 Å². The molecular formula is C11H18N4OS. The average molecular weight is 254 g/mol. The van der Waals surface area contributed by atoms with E-state index in [0.717, 1.165) is 30.2 Å². The van der Waals surface area contributed by atoms with E-state index < -0.39 is 0 Å². The molecule has 6 heteroatoms. The molecule has 0 aromatic carbocycles. The lowest BCUT2D eigenvalue weighted by molar-refractivity contribution is -0.120. The second-order valence-electron chi connectivity index (χ2n) is 4.35.